The molecule has 7 nitrogen and oxygen atoms in total. The summed E-state index contributed by atoms with van der Waals surface area (Å²) in [4.78, 5) is 20.0. The van der Waals surface area contributed by atoms with Crippen molar-refractivity contribution in [3.63, 3.8) is 0 Å². The summed E-state index contributed by atoms with van der Waals surface area (Å²) in [5.74, 6) is 0.0698. The highest BCUT2D eigenvalue weighted by Gasteiger charge is 2.40. The second-order valence-corrected chi connectivity index (χ2v) is 8.97. The number of para-hydroxylation sites is 1. The largest absolute Gasteiger partial charge is 0.379 e. The van der Waals surface area contributed by atoms with Crippen LogP contribution in [0.3, 0.4) is 0 Å². The zero-order valence-corrected chi connectivity index (χ0v) is 18.2. The number of hydrogen-bond acceptors (Lipinski definition) is 5. The van der Waals surface area contributed by atoms with Crippen LogP contribution in [0.2, 0.25) is 0 Å². The summed E-state index contributed by atoms with van der Waals surface area (Å²) in [6.07, 6.45) is 5.65. The molecule has 0 saturated carbocycles. The van der Waals surface area contributed by atoms with Crippen molar-refractivity contribution in [2.75, 3.05) is 66.6 Å². The summed E-state index contributed by atoms with van der Waals surface area (Å²) < 4.78 is 7.78. The summed E-state index contributed by atoms with van der Waals surface area (Å²) in [6.45, 7) is 7.09. The molecule has 1 spiro atoms. The molecule has 0 N–H and O–H groups in total. The van der Waals surface area contributed by atoms with E-state index in [1.165, 1.54) is 0 Å². The highest BCUT2D eigenvalue weighted by molar-refractivity contribution is 5.94. The Morgan fingerprint density at radius 2 is 2.03 bits per heavy atom. The Labute approximate surface area is 179 Å². The van der Waals surface area contributed by atoms with E-state index in [1.54, 1.807) is 10.9 Å². The number of likely N-dealkylation sites (N-methyl/N-ethyl adjacent to an activating group) is 1. The highest BCUT2D eigenvalue weighted by Crippen LogP contribution is 2.33. The van der Waals surface area contributed by atoms with Crippen molar-refractivity contribution in [1.29, 1.82) is 0 Å². The summed E-state index contributed by atoms with van der Waals surface area (Å²) in [7, 11) is 4.22. The van der Waals surface area contributed by atoms with Crippen LogP contribution < -0.4 is 0 Å². The van der Waals surface area contributed by atoms with E-state index < -0.39 is 0 Å². The van der Waals surface area contributed by atoms with E-state index in [0.717, 1.165) is 71.0 Å². The number of nitrogens with zero attached hydrogens (tertiary/aromatic N) is 5. The maximum absolute atomic E-state index is 13.3. The average Bonchev–Trinajstić information content (AvgIpc) is 3.17. The van der Waals surface area contributed by atoms with Gasteiger partial charge in [0.2, 0.25) is 0 Å². The fourth-order valence-corrected chi connectivity index (χ4v) is 4.58. The topological polar surface area (TPSA) is 53.8 Å². The fraction of sp³-hybridized carbons (Fsp3) is 0.565. The second-order valence-electron chi connectivity index (χ2n) is 8.97. The Kier molecular flexibility index (Phi) is 6.51. The third-order valence-electron chi connectivity index (χ3n) is 6.18. The number of ether oxygens (including phenoxy) is 1. The molecule has 3 heterocycles. The molecule has 7 heteroatoms. The Balaban J connectivity index is 1.45. The van der Waals surface area contributed by atoms with E-state index >= 15 is 0 Å². The molecule has 0 unspecified atom stereocenters. The van der Waals surface area contributed by atoms with Gasteiger partial charge in [0.15, 0.2) is 0 Å². The number of aromatic nitrogens is 2. The number of likely N-dealkylation sites (tertiary alicyclic amines) is 1. The summed E-state index contributed by atoms with van der Waals surface area (Å²) >= 11 is 0. The van der Waals surface area contributed by atoms with E-state index in [9.17, 15) is 4.79 Å². The Morgan fingerprint density at radius 1 is 1.20 bits per heavy atom. The van der Waals surface area contributed by atoms with Gasteiger partial charge in [0.05, 0.1) is 30.7 Å². The van der Waals surface area contributed by atoms with Crippen LogP contribution in [0.1, 0.15) is 23.2 Å². The van der Waals surface area contributed by atoms with Crippen LogP contribution in [0.5, 0.6) is 0 Å². The first kappa shape index (κ1) is 21.0. The maximum atomic E-state index is 13.3. The lowest BCUT2D eigenvalue weighted by molar-refractivity contribution is 0.00717. The van der Waals surface area contributed by atoms with Gasteiger partial charge in [-0.1, -0.05) is 18.2 Å². The monoisotopic (exact) mass is 411 g/mol. The van der Waals surface area contributed by atoms with Crippen molar-refractivity contribution in [3.05, 3.63) is 48.3 Å². The lowest BCUT2D eigenvalue weighted by Crippen LogP contribution is -2.52. The molecule has 2 saturated heterocycles. The Bertz CT molecular complexity index is 837. The molecule has 2 aromatic rings. The molecule has 2 fully saturated rings. The third kappa shape index (κ3) is 4.91. The van der Waals surface area contributed by atoms with E-state index in [1.807, 2.05) is 41.4 Å². The molecule has 1 amide bonds. The number of carbonyl (C=O) groups is 1. The summed E-state index contributed by atoms with van der Waals surface area (Å²) in [5, 5.41) is 4.41. The first-order valence-electron chi connectivity index (χ1n) is 10.9. The second kappa shape index (κ2) is 9.29. The molecule has 162 valence electrons. The van der Waals surface area contributed by atoms with Crippen LogP contribution in [-0.4, -0.2) is 97.0 Å². The molecular weight excluding hydrogens is 378 g/mol. The first-order valence-corrected chi connectivity index (χ1v) is 10.9. The summed E-state index contributed by atoms with van der Waals surface area (Å²) in [6, 6.07) is 9.90. The van der Waals surface area contributed by atoms with Crippen LogP contribution in [0.4, 0.5) is 0 Å². The van der Waals surface area contributed by atoms with Crippen molar-refractivity contribution in [1.82, 2.24) is 24.5 Å². The highest BCUT2D eigenvalue weighted by atomic mass is 16.5. The lowest BCUT2D eigenvalue weighted by atomic mass is 9.80. The van der Waals surface area contributed by atoms with E-state index in [4.69, 9.17) is 4.74 Å². The molecular formula is C23H33N5O2. The van der Waals surface area contributed by atoms with Gasteiger partial charge in [-0.25, -0.2) is 4.68 Å². The van der Waals surface area contributed by atoms with Crippen LogP contribution in [-0.2, 0) is 4.74 Å². The predicted molar refractivity (Wildman–Crippen MR) is 117 cm³/mol. The van der Waals surface area contributed by atoms with Crippen molar-refractivity contribution < 1.29 is 9.53 Å². The number of hydrogen-bond donors (Lipinski definition) is 0. The number of rotatable bonds is 5. The predicted octanol–water partition coefficient (Wildman–Crippen LogP) is 1.99. The van der Waals surface area contributed by atoms with E-state index in [-0.39, 0.29) is 11.3 Å². The standard InChI is InChI=1S/C23H33N5O2/c1-25(2)11-12-26-13-14-30-19-23(17-26)9-6-10-27(18-23)22(29)20-15-24-28(16-20)21-7-4-3-5-8-21/h3-5,7-8,15-16H,6,9-14,17-19H2,1-2H3/t23-/m1/s1. The van der Waals surface area contributed by atoms with Crippen LogP contribution in [0, 0.1) is 5.41 Å². The molecule has 0 bridgehead atoms. The number of benzene rings is 1. The van der Waals surface area contributed by atoms with Gasteiger partial charge in [-0.05, 0) is 39.1 Å². The summed E-state index contributed by atoms with van der Waals surface area (Å²) in [5.41, 5.74) is 1.63. The molecule has 4 rings (SSSR count). The molecule has 1 aromatic heterocycles. The van der Waals surface area contributed by atoms with Crippen LogP contribution in [0.15, 0.2) is 42.7 Å². The zero-order valence-electron chi connectivity index (χ0n) is 18.2. The van der Waals surface area contributed by atoms with Crippen molar-refractivity contribution in [2.45, 2.75) is 12.8 Å². The van der Waals surface area contributed by atoms with Gasteiger partial charge in [-0.15, -0.1) is 0 Å². The van der Waals surface area contributed by atoms with Crippen molar-refractivity contribution in [2.24, 2.45) is 5.41 Å². The zero-order chi connectivity index (χ0) is 21.0. The quantitative estimate of drug-likeness (QED) is 0.753. The van der Waals surface area contributed by atoms with Crippen molar-refractivity contribution >= 4 is 5.91 Å². The molecule has 2 aliphatic rings. The Morgan fingerprint density at radius 3 is 2.83 bits per heavy atom. The Hall–Kier alpha value is -2.22. The van der Waals surface area contributed by atoms with E-state index in [2.05, 4.69) is 29.0 Å². The molecule has 0 aliphatic carbocycles. The van der Waals surface area contributed by atoms with Gasteiger partial charge in [0.25, 0.3) is 5.91 Å². The van der Waals surface area contributed by atoms with Gasteiger partial charge >= 0.3 is 0 Å². The van der Waals surface area contributed by atoms with Crippen LogP contribution in [0.25, 0.3) is 5.69 Å². The molecule has 1 aromatic carbocycles. The van der Waals surface area contributed by atoms with Crippen LogP contribution >= 0.6 is 0 Å². The molecule has 1 atom stereocenters. The molecule has 2 aliphatic heterocycles. The maximum Gasteiger partial charge on any atom is 0.257 e. The number of carbonyl (C=O) groups excluding carboxylic acids is 1. The minimum Gasteiger partial charge on any atom is -0.379 e. The first-order chi connectivity index (χ1) is 14.5. The number of amides is 1. The normalized spacial score (nSPS) is 23.1. The minimum atomic E-state index is 0.0200. The number of piperidine rings is 1. The lowest BCUT2D eigenvalue weighted by Gasteiger charge is -2.43. The minimum absolute atomic E-state index is 0.0200. The van der Waals surface area contributed by atoms with E-state index in [0.29, 0.717) is 5.56 Å². The van der Waals surface area contributed by atoms with Gasteiger partial charge < -0.3 is 14.5 Å². The van der Waals surface area contributed by atoms with Gasteiger partial charge in [0, 0.05) is 50.9 Å². The third-order valence-corrected chi connectivity index (χ3v) is 6.18. The SMILES string of the molecule is CN(C)CCN1CCOC[C@]2(CCCN(C(=O)c3cnn(-c4ccccc4)c3)C2)C1. The smallest absolute Gasteiger partial charge is 0.257 e. The van der Waals surface area contributed by atoms with Gasteiger partial charge in [-0.2, -0.15) is 5.10 Å². The average molecular weight is 412 g/mol. The fourth-order valence-electron chi connectivity index (χ4n) is 4.58. The molecule has 0 radical (unpaired) electrons. The van der Waals surface area contributed by atoms with Crippen molar-refractivity contribution in [3.8, 4) is 5.69 Å². The van der Waals surface area contributed by atoms with Gasteiger partial charge in [-0.3, -0.25) is 9.69 Å². The molecule has 30 heavy (non-hydrogen) atoms. The van der Waals surface area contributed by atoms with Gasteiger partial charge in [0.1, 0.15) is 0 Å².